The SMILES string of the molecule is CCC(C)(C)Oc1nc(Cl)ccc1[N+](=O)[O-]. The van der Waals surface area contributed by atoms with Crippen molar-refractivity contribution in [2.45, 2.75) is 32.8 Å². The van der Waals surface area contributed by atoms with E-state index in [9.17, 15) is 10.1 Å². The molecule has 5 nitrogen and oxygen atoms in total. The van der Waals surface area contributed by atoms with Crippen LogP contribution < -0.4 is 4.74 Å². The molecular weight excluding hydrogens is 232 g/mol. The summed E-state index contributed by atoms with van der Waals surface area (Å²) in [6, 6.07) is 2.65. The van der Waals surface area contributed by atoms with Crippen LogP contribution in [-0.4, -0.2) is 15.5 Å². The minimum Gasteiger partial charge on any atom is -0.467 e. The second-order valence-electron chi connectivity index (χ2n) is 3.93. The van der Waals surface area contributed by atoms with Crippen LogP contribution in [-0.2, 0) is 0 Å². The second-order valence-corrected chi connectivity index (χ2v) is 4.32. The highest BCUT2D eigenvalue weighted by molar-refractivity contribution is 6.29. The lowest BCUT2D eigenvalue weighted by molar-refractivity contribution is -0.386. The predicted octanol–water partition coefficient (Wildman–Crippen LogP) is 3.21. The summed E-state index contributed by atoms with van der Waals surface area (Å²) in [5, 5.41) is 10.9. The first kappa shape index (κ1) is 12.7. The third-order valence-corrected chi connectivity index (χ3v) is 2.44. The molecule has 0 aliphatic heterocycles. The Morgan fingerprint density at radius 3 is 2.69 bits per heavy atom. The van der Waals surface area contributed by atoms with E-state index in [0.29, 0.717) is 6.42 Å². The molecule has 0 amide bonds. The monoisotopic (exact) mass is 244 g/mol. The third-order valence-electron chi connectivity index (χ3n) is 2.23. The lowest BCUT2D eigenvalue weighted by Crippen LogP contribution is -2.27. The standard InChI is InChI=1S/C10H13ClN2O3/c1-4-10(2,3)16-9-7(13(14)15)5-6-8(11)12-9/h5-6H,4H2,1-3H3. The minimum atomic E-state index is -0.537. The molecule has 1 aromatic rings. The summed E-state index contributed by atoms with van der Waals surface area (Å²) in [6.07, 6.45) is 0.707. The van der Waals surface area contributed by atoms with Crippen LogP contribution in [0, 0.1) is 10.1 Å². The molecule has 16 heavy (non-hydrogen) atoms. The Hall–Kier alpha value is -1.36. The van der Waals surface area contributed by atoms with Gasteiger partial charge in [-0.1, -0.05) is 18.5 Å². The van der Waals surface area contributed by atoms with Crippen LogP contribution in [0.5, 0.6) is 5.88 Å². The lowest BCUT2D eigenvalue weighted by Gasteiger charge is -2.23. The van der Waals surface area contributed by atoms with Crippen LogP contribution in [0.3, 0.4) is 0 Å². The van der Waals surface area contributed by atoms with Crippen molar-refractivity contribution in [3.05, 3.63) is 27.4 Å². The summed E-state index contributed by atoms with van der Waals surface area (Å²) in [6.45, 7) is 5.59. The molecule has 0 N–H and O–H groups in total. The number of hydrogen-bond donors (Lipinski definition) is 0. The summed E-state index contributed by atoms with van der Waals surface area (Å²) in [7, 11) is 0. The van der Waals surface area contributed by atoms with Gasteiger partial charge in [0.2, 0.25) is 0 Å². The summed E-state index contributed by atoms with van der Waals surface area (Å²) in [5.74, 6) is -0.0376. The summed E-state index contributed by atoms with van der Waals surface area (Å²) in [5.41, 5.74) is -0.687. The number of rotatable bonds is 4. The maximum atomic E-state index is 10.7. The molecule has 0 spiro atoms. The van der Waals surface area contributed by atoms with Crippen molar-refractivity contribution in [1.82, 2.24) is 4.98 Å². The molecule has 0 aromatic carbocycles. The summed E-state index contributed by atoms with van der Waals surface area (Å²) >= 11 is 5.68. The smallest absolute Gasteiger partial charge is 0.331 e. The first-order chi connectivity index (χ1) is 7.35. The first-order valence-electron chi connectivity index (χ1n) is 4.85. The molecule has 6 heteroatoms. The predicted molar refractivity (Wildman–Crippen MR) is 60.9 cm³/mol. The molecule has 0 saturated carbocycles. The van der Waals surface area contributed by atoms with Crippen LogP contribution >= 0.6 is 11.6 Å². The first-order valence-corrected chi connectivity index (χ1v) is 5.23. The Bertz CT molecular complexity index is 407. The maximum Gasteiger partial charge on any atom is 0.331 e. The van der Waals surface area contributed by atoms with Crippen LogP contribution in [0.15, 0.2) is 12.1 Å². The second kappa shape index (κ2) is 4.65. The molecule has 1 rings (SSSR count). The number of ether oxygens (including phenoxy) is 1. The average Bonchev–Trinajstić information content (AvgIpc) is 2.16. The quantitative estimate of drug-likeness (QED) is 0.463. The van der Waals surface area contributed by atoms with Gasteiger partial charge < -0.3 is 4.74 Å². The largest absolute Gasteiger partial charge is 0.467 e. The van der Waals surface area contributed by atoms with Gasteiger partial charge in [0.05, 0.1) is 4.92 Å². The van der Waals surface area contributed by atoms with Crippen molar-refractivity contribution in [2.24, 2.45) is 0 Å². The zero-order chi connectivity index (χ0) is 12.3. The van der Waals surface area contributed by atoms with E-state index in [0.717, 1.165) is 0 Å². The normalized spacial score (nSPS) is 11.2. The van der Waals surface area contributed by atoms with Crippen LogP contribution in [0.25, 0.3) is 0 Å². The fourth-order valence-electron chi connectivity index (χ4n) is 0.958. The zero-order valence-corrected chi connectivity index (χ0v) is 10.1. The molecular formula is C10H13ClN2O3. The van der Waals surface area contributed by atoms with Gasteiger partial charge in [-0.05, 0) is 26.3 Å². The van der Waals surface area contributed by atoms with Gasteiger partial charge in [-0.25, -0.2) is 0 Å². The van der Waals surface area contributed by atoms with Crippen LogP contribution in [0.1, 0.15) is 27.2 Å². The molecule has 0 unspecified atom stereocenters. The highest BCUT2D eigenvalue weighted by atomic mass is 35.5. The molecule has 0 fully saturated rings. The van der Waals surface area contributed by atoms with E-state index >= 15 is 0 Å². The van der Waals surface area contributed by atoms with E-state index in [2.05, 4.69) is 4.98 Å². The van der Waals surface area contributed by atoms with E-state index in [-0.39, 0.29) is 16.7 Å². The van der Waals surface area contributed by atoms with Crippen molar-refractivity contribution in [3.63, 3.8) is 0 Å². The van der Waals surface area contributed by atoms with E-state index in [1.165, 1.54) is 12.1 Å². The average molecular weight is 245 g/mol. The number of pyridine rings is 1. The minimum absolute atomic E-state index is 0.0376. The van der Waals surface area contributed by atoms with Gasteiger partial charge in [0, 0.05) is 6.07 Å². The number of nitro groups is 1. The molecule has 1 heterocycles. The molecule has 0 aliphatic rings. The molecule has 0 bridgehead atoms. The van der Waals surface area contributed by atoms with Gasteiger partial charge in [0.25, 0.3) is 5.88 Å². The summed E-state index contributed by atoms with van der Waals surface area (Å²) < 4.78 is 5.49. The fourth-order valence-corrected chi connectivity index (χ4v) is 1.10. The molecule has 0 aliphatic carbocycles. The van der Waals surface area contributed by atoms with Gasteiger partial charge in [-0.3, -0.25) is 10.1 Å². The van der Waals surface area contributed by atoms with Crippen molar-refractivity contribution < 1.29 is 9.66 Å². The van der Waals surface area contributed by atoms with Crippen molar-refractivity contribution in [1.29, 1.82) is 0 Å². The van der Waals surface area contributed by atoms with Crippen LogP contribution in [0.2, 0.25) is 5.15 Å². The fraction of sp³-hybridized carbons (Fsp3) is 0.500. The van der Waals surface area contributed by atoms with Gasteiger partial charge >= 0.3 is 5.69 Å². The van der Waals surface area contributed by atoms with Gasteiger partial charge in [-0.2, -0.15) is 4.98 Å². The Morgan fingerprint density at radius 2 is 2.19 bits per heavy atom. The number of aromatic nitrogens is 1. The Balaban J connectivity index is 3.10. The van der Waals surface area contributed by atoms with Gasteiger partial charge in [0.15, 0.2) is 0 Å². The third kappa shape index (κ3) is 3.06. The van der Waals surface area contributed by atoms with E-state index < -0.39 is 10.5 Å². The molecule has 88 valence electrons. The number of nitrogens with zero attached hydrogens (tertiary/aromatic N) is 2. The zero-order valence-electron chi connectivity index (χ0n) is 9.36. The van der Waals surface area contributed by atoms with E-state index in [1.54, 1.807) is 0 Å². The molecule has 0 radical (unpaired) electrons. The van der Waals surface area contributed by atoms with Gasteiger partial charge in [-0.15, -0.1) is 0 Å². The lowest BCUT2D eigenvalue weighted by atomic mass is 10.1. The van der Waals surface area contributed by atoms with Gasteiger partial charge in [0.1, 0.15) is 10.8 Å². The highest BCUT2D eigenvalue weighted by Gasteiger charge is 2.24. The molecule has 0 atom stereocenters. The van der Waals surface area contributed by atoms with E-state index in [4.69, 9.17) is 16.3 Å². The number of halogens is 1. The number of hydrogen-bond acceptors (Lipinski definition) is 4. The topological polar surface area (TPSA) is 65.3 Å². The Labute approximate surface area is 98.5 Å². The Morgan fingerprint density at radius 1 is 1.56 bits per heavy atom. The highest BCUT2D eigenvalue weighted by Crippen LogP contribution is 2.30. The molecule has 1 aromatic heterocycles. The van der Waals surface area contributed by atoms with E-state index in [1.807, 2.05) is 20.8 Å². The van der Waals surface area contributed by atoms with Crippen molar-refractivity contribution >= 4 is 17.3 Å². The maximum absolute atomic E-state index is 10.7. The van der Waals surface area contributed by atoms with Crippen molar-refractivity contribution in [2.75, 3.05) is 0 Å². The van der Waals surface area contributed by atoms with Crippen molar-refractivity contribution in [3.8, 4) is 5.88 Å². The van der Waals surface area contributed by atoms with Crippen LogP contribution in [0.4, 0.5) is 5.69 Å². The summed E-state index contributed by atoms with van der Waals surface area (Å²) in [4.78, 5) is 14.0. The Kier molecular flexibility index (Phi) is 3.70. The molecule has 0 saturated heterocycles.